The summed E-state index contributed by atoms with van der Waals surface area (Å²) in [6.45, 7) is 5.68. The maximum absolute atomic E-state index is 12.5. The number of amides is 2. The van der Waals surface area contributed by atoms with E-state index in [0.717, 1.165) is 41.7 Å². The molecule has 0 aliphatic carbocycles. The van der Waals surface area contributed by atoms with Crippen molar-refractivity contribution in [2.75, 3.05) is 25.0 Å². The fourth-order valence-corrected chi connectivity index (χ4v) is 3.62. The standard InChI is InChI=1S/C25H28N4O3/c1-18-19(2)32-28-24(18)27-25(30)29-12-8-20(9-13-29)15-22-5-3-7-23(16-22)31-14-10-21-6-4-11-26-17-21/h3-7,11,15-17H,8-10,12-14H2,1-2H3,(H,27,28,30). The first kappa shape index (κ1) is 21.6. The molecule has 0 radical (unpaired) electrons. The first-order valence-corrected chi connectivity index (χ1v) is 10.9. The summed E-state index contributed by atoms with van der Waals surface area (Å²) in [5, 5.41) is 6.75. The number of aromatic nitrogens is 2. The molecule has 0 saturated carbocycles. The van der Waals surface area contributed by atoms with Gasteiger partial charge in [-0.05, 0) is 56.0 Å². The third-order valence-electron chi connectivity index (χ3n) is 5.69. The van der Waals surface area contributed by atoms with E-state index < -0.39 is 0 Å². The predicted octanol–water partition coefficient (Wildman–Crippen LogP) is 5.02. The number of carbonyl (C=O) groups is 1. The van der Waals surface area contributed by atoms with Crippen LogP contribution in [0, 0.1) is 13.8 Å². The van der Waals surface area contributed by atoms with Gasteiger partial charge in [-0.15, -0.1) is 0 Å². The number of aryl methyl sites for hydroxylation is 1. The van der Waals surface area contributed by atoms with Gasteiger partial charge in [-0.3, -0.25) is 10.3 Å². The number of carbonyl (C=O) groups excluding carboxylic acids is 1. The Morgan fingerprint density at radius 1 is 1.22 bits per heavy atom. The molecule has 0 bridgehead atoms. The van der Waals surface area contributed by atoms with Gasteiger partial charge in [-0.1, -0.05) is 35.0 Å². The molecular formula is C25H28N4O3. The van der Waals surface area contributed by atoms with E-state index in [1.807, 2.05) is 43.1 Å². The molecule has 2 aromatic heterocycles. The minimum Gasteiger partial charge on any atom is -0.493 e. The number of pyridine rings is 1. The number of hydrogen-bond donors (Lipinski definition) is 1. The van der Waals surface area contributed by atoms with Gasteiger partial charge in [0.05, 0.1) is 6.61 Å². The Labute approximate surface area is 188 Å². The summed E-state index contributed by atoms with van der Waals surface area (Å²) in [5.74, 6) is 2.07. The molecule has 166 valence electrons. The molecule has 1 saturated heterocycles. The van der Waals surface area contributed by atoms with Gasteiger partial charge in [0.1, 0.15) is 11.5 Å². The summed E-state index contributed by atoms with van der Waals surface area (Å²) >= 11 is 0. The van der Waals surface area contributed by atoms with Gasteiger partial charge in [0.2, 0.25) is 0 Å². The molecule has 3 aromatic rings. The summed E-state index contributed by atoms with van der Waals surface area (Å²) in [4.78, 5) is 18.5. The van der Waals surface area contributed by atoms with Gasteiger partial charge in [0.25, 0.3) is 0 Å². The van der Waals surface area contributed by atoms with E-state index in [-0.39, 0.29) is 6.03 Å². The topological polar surface area (TPSA) is 80.5 Å². The lowest BCUT2D eigenvalue weighted by Crippen LogP contribution is -2.39. The van der Waals surface area contributed by atoms with Crippen LogP contribution in [0.5, 0.6) is 5.75 Å². The van der Waals surface area contributed by atoms with Crippen LogP contribution < -0.4 is 10.1 Å². The van der Waals surface area contributed by atoms with Gasteiger partial charge < -0.3 is 14.2 Å². The quantitative estimate of drug-likeness (QED) is 0.592. The van der Waals surface area contributed by atoms with E-state index in [9.17, 15) is 4.79 Å². The van der Waals surface area contributed by atoms with E-state index in [1.54, 1.807) is 6.20 Å². The minimum absolute atomic E-state index is 0.135. The Hall–Kier alpha value is -3.61. The summed E-state index contributed by atoms with van der Waals surface area (Å²) in [6.07, 6.45) is 8.35. The van der Waals surface area contributed by atoms with E-state index in [1.165, 1.54) is 5.57 Å². The average Bonchev–Trinajstić information content (AvgIpc) is 3.13. The van der Waals surface area contributed by atoms with Crippen LogP contribution in [0.25, 0.3) is 6.08 Å². The maximum atomic E-state index is 12.5. The van der Waals surface area contributed by atoms with Crippen molar-refractivity contribution in [3.05, 3.63) is 76.8 Å². The predicted molar refractivity (Wildman–Crippen MR) is 124 cm³/mol. The number of rotatable bonds is 6. The van der Waals surface area contributed by atoms with Crippen molar-refractivity contribution in [1.29, 1.82) is 0 Å². The Morgan fingerprint density at radius 2 is 2.06 bits per heavy atom. The van der Waals surface area contributed by atoms with Crippen LogP contribution in [0.4, 0.5) is 10.6 Å². The van der Waals surface area contributed by atoms with Crippen molar-refractivity contribution in [3.8, 4) is 5.75 Å². The SMILES string of the molecule is Cc1onc(NC(=O)N2CCC(=Cc3cccc(OCCc4cccnc4)c3)CC2)c1C. The molecule has 1 aliphatic rings. The van der Waals surface area contributed by atoms with Crippen LogP contribution in [0.3, 0.4) is 0 Å². The second kappa shape index (κ2) is 10.1. The lowest BCUT2D eigenvalue weighted by Gasteiger charge is -2.28. The Bertz CT molecular complexity index is 1080. The number of benzene rings is 1. The largest absolute Gasteiger partial charge is 0.493 e. The van der Waals surface area contributed by atoms with Crippen LogP contribution >= 0.6 is 0 Å². The molecule has 1 fully saturated rings. The van der Waals surface area contributed by atoms with Crippen molar-refractivity contribution in [3.63, 3.8) is 0 Å². The second-order valence-corrected chi connectivity index (χ2v) is 7.96. The van der Waals surface area contributed by atoms with Crippen LogP contribution in [-0.4, -0.2) is 40.8 Å². The summed E-state index contributed by atoms with van der Waals surface area (Å²) in [7, 11) is 0. The van der Waals surface area contributed by atoms with Crippen molar-refractivity contribution in [1.82, 2.24) is 15.0 Å². The Morgan fingerprint density at radius 3 is 2.78 bits per heavy atom. The van der Waals surface area contributed by atoms with E-state index in [2.05, 4.69) is 39.7 Å². The van der Waals surface area contributed by atoms with Crippen molar-refractivity contribution < 1.29 is 14.1 Å². The highest BCUT2D eigenvalue weighted by atomic mass is 16.5. The molecule has 1 N–H and O–H groups in total. The number of nitrogens with zero attached hydrogens (tertiary/aromatic N) is 3. The zero-order chi connectivity index (χ0) is 22.3. The molecule has 1 aliphatic heterocycles. The van der Waals surface area contributed by atoms with Gasteiger partial charge in [-0.2, -0.15) is 0 Å². The molecule has 7 heteroatoms. The zero-order valence-corrected chi connectivity index (χ0v) is 18.5. The van der Waals surface area contributed by atoms with Crippen molar-refractivity contribution in [2.24, 2.45) is 0 Å². The second-order valence-electron chi connectivity index (χ2n) is 7.96. The minimum atomic E-state index is -0.135. The summed E-state index contributed by atoms with van der Waals surface area (Å²) in [6, 6.07) is 12.0. The smallest absolute Gasteiger partial charge is 0.323 e. The van der Waals surface area contributed by atoms with Crippen LogP contribution in [-0.2, 0) is 6.42 Å². The first-order chi connectivity index (χ1) is 15.6. The summed E-state index contributed by atoms with van der Waals surface area (Å²) in [5.41, 5.74) is 4.47. The normalized spacial score (nSPS) is 13.7. The van der Waals surface area contributed by atoms with Gasteiger partial charge in [-0.25, -0.2) is 4.79 Å². The third-order valence-corrected chi connectivity index (χ3v) is 5.69. The van der Waals surface area contributed by atoms with Crippen LogP contribution in [0.1, 0.15) is 35.3 Å². The third kappa shape index (κ3) is 5.55. The molecule has 7 nitrogen and oxygen atoms in total. The average molecular weight is 433 g/mol. The van der Waals surface area contributed by atoms with Crippen molar-refractivity contribution >= 4 is 17.9 Å². The number of nitrogens with one attached hydrogen (secondary N) is 1. The van der Waals surface area contributed by atoms with Gasteiger partial charge >= 0.3 is 6.03 Å². The molecular weight excluding hydrogens is 404 g/mol. The number of likely N-dealkylation sites (tertiary alicyclic amines) is 1. The molecule has 2 amide bonds. The number of ether oxygens (including phenoxy) is 1. The van der Waals surface area contributed by atoms with Gasteiger partial charge in [0.15, 0.2) is 5.82 Å². The number of piperidine rings is 1. The highest BCUT2D eigenvalue weighted by molar-refractivity contribution is 5.89. The van der Waals surface area contributed by atoms with Gasteiger partial charge in [0, 0.05) is 37.5 Å². The molecule has 0 spiro atoms. The zero-order valence-electron chi connectivity index (χ0n) is 18.5. The van der Waals surface area contributed by atoms with E-state index >= 15 is 0 Å². The van der Waals surface area contributed by atoms with Crippen molar-refractivity contribution in [2.45, 2.75) is 33.1 Å². The monoisotopic (exact) mass is 432 g/mol. The lowest BCUT2D eigenvalue weighted by molar-refractivity contribution is 0.207. The number of urea groups is 1. The molecule has 0 atom stereocenters. The fraction of sp³-hybridized carbons (Fsp3) is 0.320. The molecule has 1 aromatic carbocycles. The number of hydrogen-bond acceptors (Lipinski definition) is 5. The maximum Gasteiger partial charge on any atom is 0.323 e. The molecule has 32 heavy (non-hydrogen) atoms. The highest BCUT2D eigenvalue weighted by Gasteiger charge is 2.21. The van der Waals surface area contributed by atoms with E-state index in [0.29, 0.717) is 31.3 Å². The summed E-state index contributed by atoms with van der Waals surface area (Å²) < 4.78 is 11.0. The first-order valence-electron chi connectivity index (χ1n) is 10.9. The molecule has 4 rings (SSSR count). The van der Waals surface area contributed by atoms with E-state index in [4.69, 9.17) is 9.26 Å². The Kier molecular flexibility index (Phi) is 6.84. The van der Waals surface area contributed by atoms with Crippen LogP contribution in [0.15, 0.2) is 58.9 Å². The van der Waals surface area contributed by atoms with Crippen LogP contribution in [0.2, 0.25) is 0 Å². The number of anilines is 1. The fourth-order valence-electron chi connectivity index (χ4n) is 3.62. The molecule has 0 unspecified atom stereocenters. The molecule has 3 heterocycles. The Balaban J connectivity index is 1.28. The lowest BCUT2D eigenvalue weighted by atomic mass is 10.0. The highest BCUT2D eigenvalue weighted by Crippen LogP contribution is 2.23.